The minimum atomic E-state index is 0.741. The van der Waals surface area contributed by atoms with E-state index in [1.54, 1.807) is 0 Å². The zero-order valence-electron chi connectivity index (χ0n) is 11.3. The second-order valence-electron chi connectivity index (χ2n) is 5.49. The summed E-state index contributed by atoms with van der Waals surface area (Å²) in [4.78, 5) is 2.72. The summed E-state index contributed by atoms with van der Waals surface area (Å²) in [6.07, 6.45) is 7.79. The van der Waals surface area contributed by atoms with E-state index < -0.39 is 0 Å². The van der Waals surface area contributed by atoms with Gasteiger partial charge >= 0.3 is 0 Å². The predicted molar refractivity (Wildman–Crippen MR) is 71.3 cm³/mol. The summed E-state index contributed by atoms with van der Waals surface area (Å²) < 4.78 is 5.58. The van der Waals surface area contributed by atoms with E-state index in [9.17, 15) is 0 Å². The molecule has 2 unspecified atom stereocenters. The second-order valence-corrected chi connectivity index (χ2v) is 5.49. The van der Waals surface area contributed by atoms with E-state index >= 15 is 0 Å². The Labute approximate surface area is 106 Å². The fourth-order valence-corrected chi connectivity index (χ4v) is 3.16. The third kappa shape index (κ3) is 4.23. The molecular formula is C14H28N2O. The Balaban J connectivity index is 1.84. The molecule has 0 aromatic rings. The average Bonchev–Trinajstić information content (AvgIpc) is 2.69. The number of nitrogens with zero attached hydrogens (tertiary/aromatic N) is 1. The SMILES string of the molecule is CCCN(CC1CCCN1)C1CCCOCC1. The van der Waals surface area contributed by atoms with Crippen molar-refractivity contribution in [1.82, 2.24) is 10.2 Å². The van der Waals surface area contributed by atoms with Crippen molar-refractivity contribution in [2.24, 2.45) is 0 Å². The lowest BCUT2D eigenvalue weighted by molar-refractivity contribution is 0.125. The van der Waals surface area contributed by atoms with Crippen LogP contribution in [0.2, 0.25) is 0 Å². The quantitative estimate of drug-likeness (QED) is 0.795. The van der Waals surface area contributed by atoms with Crippen LogP contribution in [0.5, 0.6) is 0 Å². The van der Waals surface area contributed by atoms with Gasteiger partial charge in [0.05, 0.1) is 0 Å². The maximum Gasteiger partial charge on any atom is 0.0480 e. The zero-order chi connectivity index (χ0) is 11.9. The van der Waals surface area contributed by atoms with Gasteiger partial charge in [-0.05, 0) is 51.6 Å². The summed E-state index contributed by atoms with van der Waals surface area (Å²) in [5.41, 5.74) is 0. The first kappa shape index (κ1) is 13.3. The molecule has 2 rings (SSSR count). The zero-order valence-corrected chi connectivity index (χ0v) is 11.3. The van der Waals surface area contributed by atoms with Gasteiger partial charge in [0.1, 0.15) is 0 Å². The molecule has 0 aliphatic carbocycles. The minimum absolute atomic E-state index is 0.741. The van der Waals surface area contributed by atoms with Crippen LogP contribution in [-0.2, 0) is 4.74 Å². The van der Waals surface area contributed by atoms with Gasteiger partial charge in [-0.15, -0.1) is 0 Å². The lowest BCUT2D eigenvalue weighted by Gasteiger charge is -2.32. The van der Waals surface area contributed by atoms with Gasteiger partial charge in [0.15, 0.2) is 0 Å². The standard InChI is InChI=1S/C14H28N2O/c1-2-9-16(12-13-5-3-8-15-13)14-6-4-10-17-11-7-14/h13-15H,2-12H2,1H3. The Bertz CT molecular complexity index is 196. The van der Waals surface area contributed by atoms with E-state index in [0.29, 0.717) is 0 Å². The highest BCUT2D eigenvalue weighted by Gasteiger charge is 2.24. The highest BCUT2D eigenvalue weighted by atomic mass is 16.5. The van der Waals surface area contributed by atoms with Gasteiger partial charge in [-0.2, -0.15) is 0 Å². The topological polar surface area (TPSA) is 24.5 Å². The van der Waals surface area contributed by atoms with Gasteiger partial charge in [-0.25, -0.2) is 0 Å². The largest absolute Gasteiger partial charge is 0.381 e. The van der Waals surface area contributed by atoms with Gasteiger partial charge in [-0.1, -0.05) is 6.92 Å². The molecule has 2 heterocycles. The van der Waals surface area contributed by atoms with Gasteiger partial charge in [0.25, 0.3) is 0 Å². The monoisotopic (exact) mass is 240 g/mol. The Morgan fingerprint density at radius 2 is 2.12 bits per heavy atom. The molecule has 0 saturated carbocycles. The van der Waals surface area contributed by atoms with Crippen LogP contribution in [-0.4, -0.2) is 49.8 Å². The first-order valence-electron chi connectivity index (χ1n) is 7.45. The third-order valence-electron chi connectivity index (χ3n) is 4.07. The summed E-state index contributed by atoms with van der Waals surface area (Å²) >= 11 is 0. The first-order valence-corrected chi connectivity index (χ1v) is 7.45. The fourth-order valence-electron chi connectivity index (χ4n) is 3.16. The molecule has 100 valence electrons. The van der Waals surface area contributed by atoms with Crippen LogP contribution in [0.4, 0.5) is 0 Å². The molecule has 2 aliphatic heterocycles. The Morgan fingerprint density at radius 1 is 1.18 bits per heavy atom. The molecule has 3 heteroatoms. The molecule has 17 heavy (non-hydrogen) atoms. The number of nitrogens with one attached hydrogen (secondary N) is 1. The molecule has 2 fully saturated rings. The molecule has 0 bridgehead atoms. The molecule has 3 nitrogen and oxygen atoms in total. The Kier molecular flexibility index (Phi) is 5.75. The van der Waals surface area contributed by atoms with E-state index in [1.807, 2.05) is 0 Å². The number of rotatable bonds is 5. The summed E-state index contributed by atoms with van der Waals surface area (Å²) in [5, 5.41) is 3.63. The van der Waals surface area contributed by atoms with Gasteiger partial charge in [0, 0.05) is 31.8 Å². The summed E-state index contributed by atoms with van der Waals surface area (Å²) in [5.74, 6) is 0. The fraction of sp³-hybridized carbons (Fsp3) is 1.00. The minimum Gasteiger partial charge on any atom is -0.381 e. The van der Waals surface area contributed by atoms with Crippen LogP contribution in [0.25, 0.3) is 0 Å². The predicted octanol–water partition coefficient (Wildman–Crippen LogP) is 2.02. The average molecular weight is 240 g/mol. The van der Waals surface area contributed by atoms with Crippen molar-refractivity contribution >= 4 is 0 Å². The first-order chi connectivity index (χ1) is 8.40. The maximum absolute atomic E-state index is 5.58. The lowest BCUT2D eigenvalue weighted by atomic mass is 10.1. The molecule has 0 spiro atoms. The lowest BCUT2D eigenvalue weighted by Crippen LogP contribution is -2.44. The van der Waals surface area contributed by atoms with E-state index in [4.69, 9.17) is 4.74 Å². The molecule has 2 atom stereocenters. The van der Waals surface area contributed by atoms with Crippen molar-refractivity contribution < 1.29 is 4.74 Å². The Morgan fingerprint density at radius 3 is 2.88 bits per heavy atom. The van der Waals surface area contributed by atoms with Crippen molar-refractivity contribution in [3.05, 3.63) is 0 Å². The van der Waals surface area contributed by atoms with Gasteiger partial charge in [-0.3, -0.25) is 4.90 Å². The van der Waals surface area contributed by atoms with E-state index in [2.05, 4.69) is 17.1 Å². The molecule has 2 aliphatic rings. The van der Waals surface area contributed by atoms with Crippen molar-refractivity contribution in [2.45, 2.75) is 57.5 Å². The maximum atomic E-state index is 5.58. The molecule has 0 amide bonds. The molecule has 0 radical (unpaired) electrons. The second kappa shape index (κ2) is 7.34. The normalized spacial score (nSPS) is 30.7. The van der Waals surface area contributed by atoms with Crippen molar-refractivity contribution in [1.29, 1.82) is 0 Å². The van der Waals surface area contributed by atoms with Gasteiger partial charge in [0.2, 0.25) is 0 Å². The molecule has 2 saturated heterocycles. The Hall–Kier alpha value is -0.120. The third-order valence-corrected chi connectivity index (χ3v) is 4.07. The smallest absolute Gasteiger partial charge is 0.0480 e. The number of hydrogen-bond acceptors (Lipinski definition) is 3. The van der Waals surface area contributed by atoms with Crippen molar-refractivity contribution in [3.63, 3.8) is 0 Å². The summed E-state index contributed by atoms with van der Waals surface area (Å²) in [7, 11) is 0. The molecular weight excluding hydrogens is 212 g/mol. The van der Waals surface area contributed by atoms with E-state index in [0.717, 1.165) is 25.3 Å². The highest BCUT2D eigenvalue weighted by Crippen LogP contribution is 2.18. The molecule has 0 aromatic heterocycles. The number of ether oxygens (including phenoxy) is 1. The molecule has 1 N–H and O–H groups in total. The van der Waals surface area contributed by atoms with E-state index in [-0.39, 0.29) is 0 Å². The summed E-state index contributed by atoms with van der Waals surface area (Å²) in [6, 6.07) is 1.51. The van der Waals surface area contributed by atoms with Crippen LogP contribution < -0.4 is 5.32 Å². The van der Waals surface area contributed by atoms with Crippen molar-refractivity contribution in [3.8, 4) is 0 Å². The van der Waals surface area contributed by atoms with Crippen LogP contribution in [0.1, 0.15) is 45.4 Å². The van der Waals surface area contributed by atoms with Crippen LogP contribution in [0.15, 0.2) is 0 Å². The molecule has 0 aromatic carbocycles. The summed E-state index contributed by atoms with van der Waals surface area (Å²) in [6.45, 7) is 7.95. The van der Waals surface area contributed by atoms with Gasteiger partial charge < -0.3 is 10.1 Å². The van der Waals surface area contributed by atoms with Crippen LogP contribution in [0, 0.1) is 0 Å². The van der Waals surface area contributed by atoms with Crippen LogP contribution >= 0.6 is 0 Å². The highest BCUT2D eigenvalue weighted by molar-refractivity contribution is 4.82. The van der Waals surface area contributed by atoms with E-state index in [1.165, 1.54) is 58.2 Å². The van der Waals surface area contributed by atoms with Crippen molar-refractivity contribution in [2.75, 3.05) is 32.8 Å². The number of hydrogen-bond donors (Lipinski definition) is 1. The van der Waals surface area contributed by atoms with Crippen LogP contribution in [0.3, 0.4) is 0 Å².